The summed E-state index contributed by atoms with van der Waals surface area (Å²) in [7, 11) is 1.46. The quantitative estimate of drug-likeness (QED) is 0.0832. The molecule has 0 aliphatic carbocycles. The van der Waals surface area contributed by atoms with Crippen LogP contribution in [-0.2, 0) is 47.0 Å². The van der Waals surface area contributed by atoms with Crippen molar-refractivity contribution in [3.63, 3.8) is 0 Å². The zero-order chi connectivity index (χ0) is 46.8. The number of carbonyl (C=O) groups is 4. The van der Waals surface area contributed by atoms with Gasteiger partial charge in [0.1, 0.15) is 42.0 Å². The first kappa shape index (κ1) is 43.7. The second kappa shape index (κ2) is 18.6. The standard InChI is InChI=1S/C53H45N7O8/c1-66-31-32-67-52(65)59-42-26-21-34(13-12-30-58-43-20-9-8-19-41(43)56-57-58)33-40(42)53(51(59)64)44(49(62)55-29-27-38-18-10-11-28-54-38)46-50(63)68-47(36-16-6-3-7-17-36)45(35-14-4-2-5-15-35)60(46)48(53)37-22-24-39(61)25-23-37/h2-11,14-26,28,33,44-48,61H,27,29-32H2,1H3,(H,55,62). The van der Waals surface area contributed by atoms with Crippen molar-refractivity contribution in [2.24, 2.45) is 5.92 Å². The van der Waals surface area contributed by atoms with Gasteiger partial charge in [-0.1, -0.05) is 108 Å². The smallest absolute Gasteiger partial charge is 0.421 e. The van der Waals surface area contributed by atoms with E-state index in [4.69, 9.17) is 14.2 Å². The van der Waals surface area contributed by atoms with Crippen LogP contribution in [0.2, 0.25) is 0 Å². The predicted octanol–water partition coefficient (Wildman–Crippen LogP) is 6.39. The van der Waals surface area contributed by atoms with Crippen molar-refractivity contribution >= 4 is 40.6 Å². The Morgan fingerprint density at radius 1 is 0.824 bits per heavy atom. The average molecular weight is 908 g/mol. The van der Waals surface area contributed by atoms with Crippen molar-refractivity contribution in [3.8, 4) is 17.6 Å². The summed E-state index contributed by atoms with van der Waals surface area (Å²) in [5.74, 6) is 2.71. The van der Waals surface area contributed by atoms with E-state index in [1.165, 1.54) is 19.2 Å². The Balaban J connectivity index is 1.21. The molecule has 2 fully saturated rings. The number of hydrogen-bond donors (Lipinski definition) is 2. The van der Waals surface area contributed by atoms with E-state index in [-0.39, 0.29) is 43.3 Å². The van der Waals surface area contributed by atoms with E-state index in [1.54, 1.807) is 47.3 Å². The number of benzene rings is 5. The number of hydrogen-bond acceptors (Lipinski definition) is 12. The number of morpholine rings is 1. The lowest BCUT2D eigenvalue weighted by molar-refractivity contribution is -0.178. The summed E-state index contributed by atoms with van der Waals surface area (Å²) in [6.45, 7) is 0.171. The van der Waals surface area contributed by atoms with Crippen molar-refractivity contribution in [2.75, 3.05) is 31.8 Å². The van der Waals surface area contributed by atoms with Gasteiger partial charge in [-0.2, -0.15) is 0 Å². The molecular formula is C53H45N7O8. The van der Waals surface area contributed by atoms with Crippen LogP contribution in [-0.4, -0.2) is 86.8 Å². The number of nitrogens with zero attached hydrogens (tertiary/aromatic N) is 6. The lowest BCUT2D eigenvalue weighted by Gasteiger charge is -2.46. The van der Waals surface area contributed by atoms with Crippen LogP contribution in [0, 0.1) is 17.8 Å². The number of fused-ring (bicyclic) bond motifs is 4. The molecule has 0 radical (unpaired) electrons. The molecule has 10 rings (SSSR count). The van der Waals surface area contributed by atoms with Gasteiger partial charge in [-0.3, -0.25) is 24.3 Å². The Kier molecular flexibility index (Phi) is 11.9. The third-order valence-electron chi connectivity index (χ3n) is 12.9. The van der Waals surface area contributed by atoms with Gasteiger partial charge in [0.15, 0.2) is 0 Å². The van der Waals surface area contributed by atoms with Crippen LogP contribution in [0.25, 0.3) is 11.0 Å². The Hall–Kier alpha value is -8.19. The minimum Gasteiger partial charge on any atom is -0.508 e. The Morgan fingerprint density at radius 2 is 1.56 bits per heavy atom. The van der Waals surface area contributed by atoms with E-state index in [0.717, 1.165) is 21.7 Å². The molecule has 3 aliphatic heterocycles. The molecule has 5 heterocycles. The summed E-state index contributed by atoms with van der Waals surface area (Å²) >= 11 is 0. The molecule has 6 atom stereocenters. The van der Waals surface area contributed by atoms with E-state index in [9.17, 15) is 9.90 Å². The Bertz CT molecular complexity index is 3070. The zero-order valence-corrected chi connectivity index (χ0v) is 36.8. The molecule has 68 heavy (non-hydrogen) atoms. The van der Waals surface area contributed by atoms with Crippen molar-refractivity contribution in [1.29, 1.82) is 0 Å². The van der Waals surface area contributed by atoms with Crippen LogP contribution >= 0.6 is 0 Å². The summed E-state index contributed by atoms with van der Waals surface area (Å²) in [4.78, 5) is 69.0. The number of aromatic nitrogens is 4. The van der Waals surface area contributed by atoms with Crippen molar-refractivity contribution in [3.05, 3.63) is 185 Å². The van der Waals surface area contributed by atoms with E-state index >= 15 is 14.4 Å². The molecule has 6 unspecified atom stereocenters. The molecule has 2 N–H and O–H groups in total. The number of amides is 3. The molecule has 0 bridgehead atoms. The second-order valence-corrected chi connectivity index (χ2v) is 16.7. The summed E-state index contributed by atoms with van der Waals surface area (Å²) in [6, 6.07) is 39.9. The Labute approximate surface area is 391 Å². The number of ether oxygens (including phenoxy) is 3. The van der Waals surface area contributed by atoms with Gasteiger partial charge >= 0.3 is 12.1 Å². The van der Waals surface area contributed by atoms with Crippen molar-refractivity contribution in [2.45, 2.75) is 42.6 Å². The van der Waals surface area contributed by atoms with Crippen LogP contribution in [0.5, 0.6) is 5.75 Å². The molecule has 3 amide bonds. The van der Waals surface area contributed by atoms with Crippen molar-refractivity contribution in [1.82, 2.24) is 30.2 Å². The summed E-state index contributed by atoms with van der Waals surface area (Å²) in [5, 5.41) is 22.3. The van der Waals surface area contributed by atoms with Gasteiger partial charge in [0, 0.05) is 37.5 Å². The summed E-state index contributed by atoms with van der Waals surface area (Å²) < 4.78 is 19.1. The van der Waals surface area contributed by atoms with E-state index < -0.39 is 59.4 Å². The molecule has 1 spiro atoms. The monoisotopic (exact) mass is 907 g/mol. The van der Waals surface area contributed by atoms with Gasteiger partial charge in [0.2, 0.25) is 11.8 Å². The average Bonchev–Trinajstić information content (AvgIpc) is 4.01. The third-order valence-corrected chi connectivity index (χ3v) is 12.9. The lowest BCUT2D eigenvalue weighted by Crippen LogP contribution is -2.56. The predicted molar refractivity (Wildman–Crippen MR) is 249 cm³/mol. The molecule has 340 valence electrons. The number of imide groups is 1. The van der Waals surface area contributed by atoms with Crippen LogP contribution in [0.4, 0.5) is 10.5 Å². The molecule has 15 heteroatoms. The first-order chi connectivity index (χ1) is 33.3. The molecule has 3 aliphatic rings. The first-order valence-electron chi connectivity index (χ1n) is 22.3. The SMILES string of the molecule is COCCOC(=O)N1C(=O)C2(c3cc(C#CCn4nnc5ccccc54)ccc31)C(C(=O)NCCc1ccccn1)C1C(=O)OC(c3ccccc3)C(c3ccccc3)N1C2c1ccc(O)cc1. The normalized spacial score (nSPS) is 21.7. The highest BCUT2D eigenvalue weighted by molar-refractivity contribution is 6.23. The van der Waals surface area contributed by atoms with E-state index in [0.29, 0.717) is 28.6 Å². The van der Waals surface area contributed by atoms with Gasteiger partial charge in [-0.15, -0.1) is 5.10 Å². The second-order valence-electron chi connectivity index (χ2n) is 16.7. The van der Waals surface area contributed by atoms with Crippen LogP contribution in [0.15, 0.2) is 152 Å². The summed E-state index contributed by atoms with van der Waals surface area (Å²) in [5.41, 5.74) is 3.02. The fourth-order valence-electron chi connectivity index (χ4n) is 10.1. The van der Waals surface area contributed by atoms with Gasteiger partial charge in [0.05, 0.1) is 35.8 Å². The highest BCUT2D eigenvalue weighted by atomic mass is 16.6. The number of rotatable bonds is 11. The maximum absolute atomic E-state index is 16.3. The fourth-order valence-corrected chi connectivity index (χ4v) is 10.1. The van der Waals surface area contributed by atoms with Crippen LogP contribution < -0.4 is 10.2 Å². The van der Waals surface area contributed by atoms with Crippen molar-refractivity contribution < 1.29 is 38.5 Å². The fraction of sp³-hybridized carbons (Fsp3) is 0.226. The number of nitrogens with one attached hydrogen (secondary N) is 1. The minimum absolute atomic E-state index is 0.0415. The summed E-state index contributed by atoms with van der Waals surface area (Å²) in [6.07, 6.45) is 0.103. The largest absolute Gasteiger partial charge is 0.508 e. The molecular weight excluding hydrogens is 863 g/mol. The molecule has 5 aromatic carbocycles. The first-order valence-corrected chi connectivity index (χ1v) is 22.3. The Morgan fingerprint density at radius 3 is 2.31 bits per heavy atom. The minimum atomic E-state index is -2.04. The molecule has 7 aromatic rings. The highest BCUT2D eigenvalue weighted by Gasteiger charge is 2.75. The highest BCUT2D eigenvalue weighted by Crippen LogP contribution is 2.66. The van der Waals surface area contributed by atoms with Gasteiger partial charge in [0.25, 0.3) is 0 Å². The van der Waals surface area contributed by atoms with Gasteiger partial charge < -0.3 is 24.6 Å². The molecule has 15 nitrogen and oxygen atoms in total. The number of esters is 1. The number of carbonyl (C=O) groups excluding carboxylic acids is 4. The number of cyclic esters (lactones) is 1. The van der Waals surface area contributed by atoms with Crippen LogP contribution in [0.1, 0.15) is 51.7 Å². The maximum atomic E-state index is 16.3. The molecule has 0 saturated carbocycles. The number of anilines is 1. The number of aromatic hydroxyl groups is 1. The van der Waals surface area contributed by atoms with E-state index in [1.807, 2.05) is 102 Å². The van der Waals surface area contributed by atoms with E-state index in [2.05, 4.69) is 32.5 Å². The van der Waals surface area contributed by atoms with Crippen LogP contribution in [0.3, 0.4) is 0 Å². The number of para-hydroxylation sites is 1. The zero-order valence-electron chi connectivity index (χ0n) is 36.8. The number of phenols is 1. The number of pyridine rings is 1. The maximum Gasteiger partial charge on any atom is 0.421 e. The number of phenolic OH excluding ortho intramolecular Hbond substituents is 1. The van der Waals surface area contributed by atoms with Gasteiger partial charge in [-0.25, -0.2) is 14.4 Å². The molecule has 2 aromatic heterocycles. The lowest BCUT2D eigenvalue weighted by atomic mass is 9.65. The van der Waals surface area contributed by atoms with Gasteiger partial charge in [-0.05, 0) is 76.9 Å². The number of methoxy groups -OCH3 is 1. The topological polar surface area (TPSA) is 178 Å². The third kappa shape index (κ3) is 7.69. The molecule has 2 saturated heterocycles.